The summed E-state index contributed by atoms with van der Waals surface area (Å²) < 4.78 is 0. The van der Waals surface area contributed by atoms with E-state index in [1.165, 1.54) is 0 Å². The first-order valence-electron chi connectivity index (χ1n) is 8.17. The molecule has 1 atom stereocenters. The number of aromatic nitrogens is 1. The molecular weight excluding hydrogens is 306 g/mol. The maximum atomic E-state index is 4.22. The molecule has 0 saturated heterocycles. The second-order valence-corrected chi connectivity index (χ2v) is 4.95. The Morgan fingerprint density at radius 1 is 1.16 bits per heavy atom. The predicted molar refractivity (Wildman–Crippen MR) is 116 cm³/mol. The maximum Gasteiger partial charge on any atom is 0.0854 e. The van der Waals surface area contributed by atoms with Gasteiger partial charge in [-0.1, -0.05) is 62.3 Å². The van der Waals surface area contributed by atoms with E-state index in [4.69, 9.17) is 0 Å². The fraction of sp³-hybridized carbons (Fsp3) is 0.227. The van der Waals surface area contributed by atoms with Crippen LogP contribution in [-0.2, 0) is 0 Å². The van der Waals surface area contributed by atoms with Crippen molar-refractivity contribution >= 4 is 5.70 Å². The van der Waals surface area contributed by atoms with Crippen molar-refractivity contribution in [3.63, 3.8) is 0 Å². The highest BCUT2D eigenvalue weighted by atomic mass is 14.9. The molecule has 0 aliphatic heterocycles. The molecule has 0 bridgehead atoms. The van der Waals surface area contributed by atoms with E-state index in [2.05, 4.69) is 48.5 Å². The van der Waals surface area contributed by atoms with Gasteiger partial charge >= 0.3 is 0 Å². The van der Waals surface area contributed by atoms with Crippen molar-refractivity contribution in [3.8, 4) is 0 Å². The van der Waals surface area contributed by atoms with Crippen LogP contribution in [0.25, 0.3) is 5.70 Å². The highest BCUT2D eigenvalue weighted by Crippen LogP contribution is 2.08. The minimum atomic E-state index is 0. The summed E-state index contributed by atoms with van der Waals surface area (Å²) in [7, 11) is 3.75. The zero-order valence-electron chi connectivity index (χ0n) is 15.7. The third-order valence-corrected chi connectivity index (χ3v) is 2.74. The van der Waals surface area contributed by atoms with Gasteiger partial charge in [-0.25, -0.2) is 0 Å². The number of rotatable bonds is 9. The SMILES string of the molecule is C=C/C=C\C=C.C=CCC(C=C)CNC(=C)c1ccccn1.CNC.[HH]. The molecule has 0 saturated carbocycles. The molecule has 1 aromatic heterocycles. The summed E-state index contributed by atoms with van der Waals surface area (Å²) in [6.45, 7) is 19.2. The Morgan fingerprint density at radius 3 is 2.16 bits per heavy atom. The van der Waals surface area contributed by atoms with Crippen LogP contribution in [0.5, 0.6) is 0 Å². The molecule has 2 N–H and O–H groups in total. The summed E-state index contributed by atoms with van der Waals surface area (Å²) in [6, 6.07) is 5.77. The Hall–Kier alpha value is -2.65. The molecule has 3 heteroatoms. The third-order valence-electron chi connectivity index (χ3n) is 2.74. The molecule has 1 unspecified atom stereocenters. The van der Waals surface area contributed by atoms with Gasteiger partial charge in [0.1, 0.15) is 0 Å². The first-order valence-corrected chi connectivity index (χ1v) is 8.17. The Balaban J connectivity index is -0.000000445. The fourth-order valence-electron chi connectivity index (χ4n) is 1.52. The number of hydrogen-bond donors (Lipinski definition) is 2. The number of pyridine rings is 1. The minimum Gasteiger partial charge on any atom is -0.383 e. The van der Waals surface area contributed by atoms with Crippen molar-refractivity contribution in [3.05, 3.63) is 99.4 Å². The van der Waals surface area contributed by atoms with Gasteiger partial charge in [0, 0.05) is 14.2 Å². The molecule has 1 rings (SSSR count). The summed E-state index contributed by atoms with van der Waals surface area (Å²) in [4.78, 5) is 4.22. The lowest BCUT2D eigenvalue weighted by molar-refractivity contribution is 0.630. The quantitative estimate of drug-likeness (QED) is 0.489. The van der Waals surface area contributed by atoms with Gasteiger partial charge in [0.2, 0.25) is 0 Å². The van der Waals surface area contributed by atoms with E-state index < -0.39 is 0 Å². The summed E-state index contributed by atoms with van der Waals surface area (Å²) in [5.41, 5.74) is 1.72. The number of nitrogens with zero attached hydrogens (tertiary/aromatic N) is 1. The summed E-state index contributed by atoms with van der Waals surface area (Å²) in [6.07, 6.45) is 13.6. The smallest absolute Gasteiger partial charge is 0.0854 e. The zero-order valence-corrected chi connectivity index (χ0v) is 15.7. The van der Waals surface area contributed by atoms with Crippen LogP contribution in [-0.4, -0.2) is 25.6 Å². The number of hydrogen-bond acceptors (Lipinski definition) is 3. The van der Waals surface area contributed by atoms with Crippen LogP contribution in [0.2, 0.25) is 0 Å². The van der Waals surface area contributed by atoms with Crippen molar-refractivity contribution in [1.82, 2.24) is 15.6 Å². The largest absolute Gasteiger partial charge is 0.383 e. The van der Waals surface area contributed by atoms with E-state index in [0.29, 0.717) is 5.92 Å². The van der Waals surface area contributed by atoms with Gasteiger partial charge in [0.15, 0.2) is 0 Å². The highest BCUT2D eigenvalue weighted by molar-refractivity contribution is 5.57. The highest BCUT2D eigenvalue weighted by Gasteiger charge is 2.03. The first kappa shape index (κ1) is 24.6. The van der Waals surface area contributed by atoms with E-state index in [1.807, 2.05) is 56.6 Å². The van der Waals surface area contributed by atoms with Gasteiger partial charge in [-0.15, -0.1) is 13.2 Å². The fourth-order valence-corrected chi connectivity index (χ4v) is 1.52. The van der Waals surface area contributed by atoms with E-state index in [9.17, 15) is 0 Å². The van der Waals surface area contributed by atoms with E-state index >= 15 is 0 Å². The molecular formula is C22H35N3. The summed E-state index contributed by atoms with van der Waals surface area (Å²) in [5, 5.41) is 6.01. The van der Waals surface area contributed by atoms with Gasteiger partial charge in [0.25, 0.3) is 0 Å². The molecule has 0 fully saturated rings. The van der Waals surface area contributed by atoms with Gasteiger partial charge in [-0.05, 0) is 38.6 Å². The topological polar surface area (TPSA) is 37.0 Å². The average Bonchev–Trinajstić information content (AvgIpc) is 2.65. The normalized spacial score (nSPS) is 10.2. The minimum absolute atomic E-state index is 0. The lowest BCUT2D eigenvalue weighted by Crippen LogP contribution is -2.20. The van der Waals surface area contributed by atoms with Crippen molar-refractivity contribution < 1.29 is 1.43 Å². The molecule has 0 amide bonds. The number of nitrogens with one attached hydrogen (secondary N) is 2. The van der Waals surface area contributed by atoms with Crippen LogP contribution >= 0.6 is 0 Å². The second-order valence-electron chi connectivity index (χ2n) is 4.95. The molecule has 1 heterocycles. The molecule has 138 valence electrons. The standard InChI is InChI=1S/C14H18N2.C6H8.C2H7N.H2/c1-4-8-13(5-2)11-16-12(3)14-9-6-7-10-15-14;1-3-5-6-4-2;1-3-2;/h4-7,9-10,13,16H,1-3,8,11H2;3-6H,1-2H2;3H,1-2H3;1H/b;6-5-;;. The predicted octanol–water partition coefficient (Wildman–Crippen LogP) is 5.02. The molecule has 3 nitrogen and oxygen atoms in total. The van der Waals surface area contributed by atoms with Gasteiger partial charge < -0.3 is 10.6 Å². The van der Waals surface area contributed by atoms with Crippen LogP contribution < -0.4 is 10.6 Å². The van der Waals surface area contributed by atoms with Crippen LogP contribution in [0, 0.1) is 5.92 Å². The molecule has 1 aromatic rings. The molecule has 0 spiro atoms. The van der Waals surface area contributed by atoms with Gasteiger partial charge in [0.05, 0.1) is 11.4 Å². The van der Waals surface area contributed by atoms with E-state index in [-0.39, 0.29) is 1.43 Å². The van der Waals surface area contributed by atoms with Crippen molar-refractivity contribution in [2.45, 2.75) is 6.42 Å². The first-order chi connectivity index (χ1) is 12.1. The maximum absolute atomic E-state index is 4.22. The van der Waals surface area contributed by atoms with Crippen molar-refractivity contribution in [2.24, 2.45) is 5.92 Å². The molecule has 0 aliphatic rings. The van der Waals surface area contributed by atoms with E-state index in [1.54, 1.807) is 18.3 Å². The monoisotopic (exact) mass is 341 g/mol. The lowest BCUT2D eigenvalue weighted by Gasteiger charge is -2.13. The zero-order chi connectivity index (χ0) is 19.3. The van der Waals surface area contributed by atoms with Crippen molar-refractivity contribution in [2.75, 3.05) is 20.6 Å². The third kappa shape index (κ3) is 16.0. The van der Waals surface area contributed by atoms with Crippen LogP contribution in [0.3, 0.4) is 0 Å². The van der Waals surface area contributed by atoms with Gasteiger partial charge in [-0.3, -0.25) is 4.98 Å². The van der Waals surface area contributed by atoms with E-state index in [0.717, 1.165) is 24.4 Å². The Morgan fingerprint density at radius 2 is 1.76 bits per heavy atom. The molecule has 25 heavy (non-hydrogen) atoms. The average molecular weight is 342 g/mol. The van der Waals surface area contributed by atoms with Crippen LogP contribution in [0.1, 0.15) is 13.5 Å². The van der Waals surface area contributed by atoms with Gasteiger partial charge in [-0.2, -0.15) is 0 Å². The second kappa shape index (κ2) is 19.4. The summed E-state index contributed by atoms with van der Waals surface area (Å²) >= 11 is 0. The number of allylic oxidation sites excluding steroid dienone is 5. The molecule has 0 radical (unpaired) electrons. The Labute approximate surface area is 155 Å². The Bertz CT molecular complexity index is 511. The van der Waals surface area contributed by atoms with Crippen LogP contribution in [0.15, 0.2) is 93.7 Å². The lowest BCUT2D eigenvalue weighted by atomic mass is 10.1. The molecule has 0 aromatic carbocycles. The van der Waals surface area contributed by atoms with Crippen molar-refractivity contribution in [1.29, 1.82) is 0 Å². The molecule has 0 aliphatic carbocycles. The Kier molecular flexibility index (Phi) is 19.1. The summed E-state index contributed by atoms with van der Waals surface area (Å²) in [5.74, 6) is 0.387. The van der Waals surface area contributed by atoms with Crippen LogP contribution in [0.4, 0.5) is 0 Å².